The topological polar surface area (TPSA) is 98.7 Å². The Labute approximate surface area is 169 Å². The summed E-state index contributed by atoms with van der Waals surface area (Å²) in [6, 6.07) is 11.7. The van der Waals surface area contributed by atoms with E-state index >= 15 is 0 Å². The highest BCUT2D eigenvalue weighted by molar-refractivity contribution is 5.98. The number of hydrogen-bond donors (Lipinski definition) is 3. The van der Waals surface area contributed by atoms with E-state index in [2.05, 4.69) is 10.6 Å². The summed E-state index contributed by atoms with van der Waals surface area (Å²) >= 11 is 0. The van der Waals surface area contributed by atoms with Crippen molar-refractivity contribution >= 4 is 29.2 Å². The Hall–Kier alpha value is -3.35. The van der Waals surface area contributed by atoms with E-state index in [4.69, 9.17) is 0 Å². The van der Waals surface area contributed by atoms with Gasteiger partial charge in [0, 0.05) is 23.5 Å². The van der Waals surface area contributed by atoms with E-state index in [0.717, 1.165) is 11.3 Å². The van der Waals surface area contributed by atoms with Crippen LogP contribution in [0.3, 0.4) is 0 Å². The molecule has 0 saturated carbocycles. The number of carboxylic acid groups (broad SMARTS) is 1. The third-order valence-electron chi connectivity index (χ3n) is 5.17. The Morgan fingerprint density at radius 3 is 2.38 bits per heavy atom. The Kier molecular flexibility index (Phi) is 6.16. The fraction of sp³-hybridized carbons (Fsp3) is 0.318. The molecule has 0 radical (unpaired) electrons. The number of anilines is 2. The van der Waals surface area contributed by atoms with Crippen molar-refractivity contribution in [1.29, 1.82) is 0 Å². The van der Waals surface area contributed by atoms with Crippen molar-refractivity contribution < 1.29 is 19.5 Å². The highest BCUT2D eigenvalue weighted by Gasteiger charge is 2.34. The first-order valence-corrected chi connectivity index (χ1v) is 9.60. The largest absolute Gasteiger partial charge is 0.480 e. The standard InChI is InChI=1S/C22H25N3O4/c1-14-5-8-18(12-15(14)2)23-13-20(26)24-17-9-6-16(7-10-17)21(27)25-11-3-4-19(25)22(28)29/h5-10,12,19,23H,3-4,11,13H2,1-2H3,(H,24,26)(H,28,29). The van der Waals surface area contributed by atoms with Gasteiger partial charge in [0.25, 0.3) is 5.91 Å². The zero-order chi connectivity index (χ0) is 21.0. The molecule has 2 aromatic rings. The van der Waals surface area contributed by atoms with Crippen LogP contribution in [0.5, 0.6) is 0 Å². The Morgan fingerprint density at radius 1 is 1.03 bits per heavy atom. The maximum absolute atomic E-state index is 12.6. The number of hydrogen-bond acceptors (Lipinski definition) is 4. The third kappa shape index (κ3) is 4.93. The number of carbonyl (C=O) groups is 3. The molecule has 1 fully saturated rings. The summed E-state index contributed by atoms with van der Waals surface area (Å²) in [6.07, 6.45) is 1.16. The second kappa shape index (κ2) is 8.77. The van der Waals surface area contributed by atoms with Crippen LogP contribution in [-0.4, -0.2) is 46.9 Å². The van der Waals surface area contributed by atoms with E-state index in [1.54, 1.807) is 24.3 Å². The molecular formula is C22H25N3O4. The summed E-state index contributed by atoms with van der Waals surface area (Å²) in [4.78, 5) is 37.4. The fourth-order valence-electron chi connectivity index (χ4n) is 3.37. The molecule has 3 N–H and O–H groups in total. The molecule has 1 aliphatic rings. The van der Waals surface area contributed by atoms with E-state index in [9.17, 15) is 19.5 Å². The lowest BCUT2D eigenvalue weighted by Crippen LogP contribution is -2.40. The van der Waals surface area contributed by atoms with Crippen LogP contribution >= 0.6 is 0 Å². The van der Waals surface area contributed by atoms with Crippen LogP contribution in [0, 0.1) is 13.8 Å². The van der Waals surface area contributed by atoms with Crippen molar-refractivity contribution in [2.24, 2.45) is 0 Å². The molecule has 7 heteroatoms. The van der Waals surface area contributed by atoms with Gasteiger partial charge >= 0.3 is 5.97 Å². The second-order valence-corrected chi connectivity index (χ2v) is 7.27. The van der Waals surface area contributed by atoms with Crippen molar-refractivity contribution in [3.63, 3.8) is 0 Å². The van der Waals surface area contributed by atoms with E-state index in [1.165, 1.54) is 10.5 Å². The number of nitrogens with zero attached hydrogens (tertiary/aromatic N) is 1. The molecule has 7 nitrogen and oxygen atoms in total. The van der Waals surface area contributed by atoms with Gasteiger partial charge in [-0.05, 0) is 74.2 Å². The number of carbonyl (C=O) groups excluding carboxylic acids is 2. The number of aryl methyl sites for hydroxylation is 2. The monoisotopic (exact) mass is 395 g/mol. The van der Waals surface area contributed by atoms with Crippen molar-refractivity contribution in [1.82, 2.24) is 4.90 Å². The number of benzene rings is 2. The lowest BCUT2D eigenvalue weighted by atomic mass is 10.1. The second-order valence-electron chi connectivity index (χ2n) is 7.27. The van der Waals surface area contributed by atoms with E-state index in [0.29, 0.717) is 30.6 Å². The van der Waals surface area contributed by atoms with Crippen molar-refractivity contribution in [3.05, 3.63) is 59.2 Å². The molecule has 0 aliphatic carbocycles. The summed E-state index contributed by atoms with van der Waals surface area (Å²) in [7, 11) is 0. The lowest BCUT2D eigenvalue weighted by Gasteiger charge is -2.21. The van der Waals surface area contributed by atoms with E-state index in [-0.39, 0.29) is 18.4 Å². The SMILES string of the molecule is Cc1ccc(NCC(=O)Nc2ccc(C(=O)N3CCCC3C(=O)O)cc2)cc1C. The van der Waals surface area contributed by atoms with Gasteiger partial charge in [-0.1, -0.05) is 6.07 Å². The molecule has 1 unspecified atom stereocenters. The van der Waals surface area contributed by atoms with Gasteiger partial charge in [-0.3, -0.25) is 9.59 Å². The zero-order valence-corrected chi connectivity index (χ0v) is 16.6. The van der Waals surface area contributed by atoms with Gasteiger partial charge in [-0.25, -0.2) is 4.79 Å². The molecule has 1 saturated heterocycles. The number of aliphatic carboxylic acids is 1. The maximum Gasteiger partial charge on any atom is 0.326 e. The van der Waals surface area contributed by atoms with E-state index < -0.39 is 12.0 Å². The summed E-state index contributed by atoms with van der Waals surface area (Å²) in [6.45, 7) is 4.62. The van der Waals surface area contributed by atoms with Gasteiger partial charge in [0.2, 0.25) is 5.91 Å². The molecule has 152 valence electrons. The molecule has 3 rings (SSSR count). The maximum atomic E-state index is 12.6. The van der Waals surface area contributed by atoms with Crippen LogP contribution in [0.25, 0.3) is 0 Å². The molecule has 2 aromatic carbocycles. The lowest BCUT2D eigenvalue weighted by molar-refractivity contribution is -0.141. The Bertz CT molecular complexity index is 924. The number of nitrogens with one attached hydrogen (secondary N) is 2. The first kappa shape index (κ1) is 20.4. The average Bonchev–Trinajstić information content (AvgIpc) is 3.19. The number of carboxylic acids is 1. The van der Waals surface area contributed by atoms with Crippen molar-refractivity contribution in [2.75, 3.05) is 23.7 Å². The predicted molar refractivity (Wildman–Crippen MR) is 111 cm³/mol. The minimum atomic E-state index is -0.976. The fourth-order valence-corrected chi connectivity index (χ4v) is 3.37. The van der Waals surface area contributed by atoms with Gasteiger partial charge in [0.1, 0.15) is 6.04 Å². The Morgan fingerprint density at radius 2 is 1.72 bits per heavy atom. The van der Waals surface area contributed by atoms with Gasteiger partial charge < -0.3 is 20.6 Å². The average molecular weight is 395 g/mol. The van der Waals surface area contributed by atoms with Gasteiger partial charge in [-0.15, -0.1) is 0 Å². The third-order valence-corrected chi connectivity index (χ3v) is 5.17. The molecule has 0 aromatic heterocycles. The van der Waals surface area contributed by atoms with Crippen molar-refractivity contribution in [2.45, 2.75) is 32.7 Å². The molecule has 1 atom stereocenters. The van der Waals surface area contributed by atoms with Crippen LogP contribution < -0.4 is 10.6 Å². The molecule has 1 heterocycles. The zero-order valence-electron chi connectivity index (χ0n) is 16.6. The number of amides is 2. The van der Waals surface area contributed by atoms with Gasteiger partial charge in [-0.2, -0.15) is 0 Å². The van der Waals surface area contributed by atoms with Crippen LogP contribution in [-0.2, 0) is 9.59 Å². The molecule has 0 spiro atoms. The summed E-state index contributed by atoms with van der Waals surface area (Å²) in [5.41, 5.74) is 4.20. The van der Waals surface area contributed by atoms with E-state index in [1.807, 2.05) is 32.0 Å². The van der Waals surface area contributed by atoms with Crippen LogP contribution in [0.2, 0.25) is 0 Å². The minimum Gasteiger partial charge on any atom is -0.480 e. The van der Waals surface area contributed by atoms with Crippen LogP contribution in [0.4, 0.5) is 11.4 Å². The first-order valence-electron chi connectivity index (χ1n) is 9.60. The van der Waals surface area contributed by atoms with Crippen LogP contribution in [0.1, 0.15) is 34.3 Å². The summed E-state index contributed by atoms with van der Waals surface area (Å²) in [5.74, 6) is -1.48. The van der Waals surface area contributed by atoms with Crippen LogP contribution in [0.15, 0.2) is 42.5 Å². The summed E-state index contributed by atoms with van der Waals surface area (Å²) in [5, 5.41) is 15.1. The predicted octanol–water partition coefficient (Wildman–Crippen LogP) is 3.04. The minimum absolute atomic E-state index is 0.122. The Balaban J connectivity index is 1.55. The molecule has 29 heavy (non-hydrogen) atoms. The first-order chi connectivity index (χ1) is 13.8. The van der Waals surface area contributed by atoms with Gasteiger partial charge in [0.15, 0.2) is 0 Å². The smallest absolute Gasteiger partial charge is 0.326 e. The number of likely N-dealkylation sites (tertiary alicyclic amines) is 1. The quantitative estimate of drug-likeness (QED) is 0.698. The molecular weight excluding hydrogens is 370 g/mol. The van der Waals surface area contributed by atoms with Crippen molar-refractivity contribution in [3.8, 4) is 0 Å². The normalized spacial score (nSPS) is 15.8. The summed E-state index contributed by atoms with van der Waals surface area (Å²) < 4.78 is 0. The molecule has 1 aliphatic heterocycles. The highest BCUT2D eigenvalue weighted by Crippen LogP contribution is 2.21. The molecule has 2 amide bonds. The highest BCUT2D eigenvalue weighted by atomic mass is 16.4. The number of rotatable bonds is 6. The molecule has 0 bridgehead atoms. The van der Waals surface area contributed by atoms with Gasteiger partial charge in [0.05, 0.1) is 6.54 Å².